The average molecular weight is 602 g/mol. The van der Waals surface area contributed by atoms with Gasteiger partial charge in [-0.15, -0.1) is 11.8 Å². The Labute approximate surface area is 253 Å². The van der Waals surface area contributed by atoms with Crippen LogP contribution in [0.5, 0.6) is 0 Å². The molecule has 3 N–H and O–H groups in total. The highest BCUT2D eigenvalue weighted by molar-refractivity contribution is 8.00. The monoisotopic (exact) mass is 601 g/mol. The molecule has 0 spiro atoms. The van der Waals surface area contributed by atoms with Crippen molar-refractivity contribution in [1.82, 2.24) is 5.32 Å². The van der Waals surface area contributed by atoms with Crippen molar-refractivity contribution in [3.8, 4) is 0 Å². The molecule has 0 fully saturated rings. The van der Waals surface area contributed by atoms with E-state index in [1.165, 1.54) is 36.0 Å². The highest BCUT2D eigenvalue weighted by atomic mass is 35.5. The minimum Gasteiger partial charge on any atom is -0.325 e. The molecule has 0 saturated carbocycles. The standard InChI is InChI=1S/C33H29ClFN3O3S/c1-3-22-13-7-10-21(2)31(22)38-30(39)20-42-25-15-8-14-24(18-25)36-33(41)29(19-26-27(34)16-9-17-28(26)35)37-32(40)23-11-5-4-6-12-23/h4-19H,3,20H2,1-2H3,(H,36,41)(H,37,40)(H,38,39)/b29-19+. The molecule has 6 nitrogen and oxygen atoms in total. The molecule has 0 saturated heterocycles. The lowest BCUT2D eigenvalue weighted by molar-refractivity contribution is -0.114. The summed E-state index contributed by atoms with van der Waals surface area (Å²) in [6.45, 7) is 4.00. The molecule has 0 aromatic heterocycles. The molecule has 4 aromatic rings. The van der Waals surface area contributed by atoms with Crippen molar-refractivity contribution >= 4 is 58.5 Å². The summed E-state index contributed by atoms with van der Waals surface area (Å²) in [6, 6.07) is 25.4. The van der Waals surface area contributed by atoms with Crippen LogP contribution in [0.4, 0.5) is 15.8 Å². The van der Waals surface area contributed by atoms with Gasteiger partial charge in [-0.3, -0.25) is 14.4 Å². The fraction of sp³-hybridized carbons (Fsp3) is 0.121. The third kappa shape index (κ3) is 8.09. The number of rotatable bonds is 10. The van der Waals surface area contributed by atoms with Crippen molar-refractivity contribution in [3.05, 3.63) is 130 Å². The molecule has 0 radical (unpaired) electrons. The number of thioether (sulfide) groups is 1. The van der Waals surface area contributed by atoms with Crippen LogP contribution in [0.1, 0.15) is 34.0 Å². The molecule has 4 rings (SSSR count). The lowest BCUT2D eigenvalue weighted by atomic mass is 10.1. The Morgan fingerprint density at radius 3 is 2.38 bits per heavy atom. The number of carbonyl (C=O) groups excluding carboxylic acids is 3. The lowest BCUT2D eigenvalue weighted by Gasteiger charge is -2.14. The molecule has 0 aliphatic heterocycles. The SMILES string of the molecule is CCc1cccc(C)c1NC(=O)CSc1cccc(NC(=O)/C(=C\c2c(F)cccc2Cl)NC(=O)c2ccccc2)c1. The van der Waals surface area contributed by atoms with Gasteiger partial charge in [0, 0.05) is 27.4 Å². The molecule has 0 aliphatic rings. The summed E-state index contributed by atoms with van der Waals surface area (Å²) >= 11 is 7.50. The Bertz CT molecular complexity index is 1620. The number of carbonyl (C=O) groups is 3. The lowest BCUT2D eigenvalue weighted by Crippen LogP contribution is -2.30. The summed E-state index contributed by atoms with van der Waals surface area (Å²) in [6.07, 6.45) is 2.00. The summed E-state index contributed by atoms with van der Waals surface area (Å²) in [5.74, 6) is -1.84. The topological polar surface area (TPSA) is 87.3 Å². The molecular formula is C33H29ClFN3O3S. The minimum absolute atomic E-state index is 0.0344. The van der Waals surface area contributed by atoms with E-state index in [0.717, 1.165) is 28.1 Å². The van der Waals surface area contributed by atoms with Crippen LogP contribution in [0.3, 0.4) is 0 Å². The van der Waals surface area contributed by atoms with Crippen LogP contribution in [0.15, 0.2) is 102 Å². The van der Waals surface area contributed by atoms with Gasteiger partial charge in [-0.1, -0.05) is 67.1 Å². The van der Waals surface area contributed by atoms with Crippen LogP contribution in [0.25, 0.3) is 6.08 Å². The van der Waals surface area contributed by atoms with E-state index >= 15 is 0 Å². The van der Waals surface area contributed by atoms with E-state index in [9.17, 15) is 18.8 Å². The van der Waals surface area contributed by atoms with Crippen molar-refractivity contribution < 1.29 is 18.8 Å². The van der Waals surface area contributed by atoms with Crippen LogP contribution in [0.2, 0.25) is 5.02 Å². The summed E-state index contributed by atoms with van der Waals surface area (Å²) < 4.78 is 14.6. The first-order valence-electron chi connectivity index (χ1n) is 13.2. The summed E-state index contributed by atoms with van der Waals surface area (Å²) in [7, 11) is 0. The quantitative estimate of drug-likeness (QED) is 0.130. The Morgan fingerprint density at radius 2 is 1.64 bits per heavy atom. The van der Waals surface area contributed by atoms with Gasteiger partial charge in [0.25, 0.3) is 11.8 Å². The molecule has 0 aliphatic carbocycles. The van der Waals surface area contributed by atoms with E-state index in [-0.39, 0.29) is 27.9 Å². The number of halogens is 2. The Balaban J connectivity index is 1.49. The second-order valence-corrected chi connectivity index (χ2v) is 10.8. The molecule has 42 heavy (non-hydrogen) atoms. The van der Waals surface area contributed by atoms with Crippen molar-refractivity contribution in [2.75, 3.05) is 16.4 Å². The number of amides is 3. The first-order valence-corrected chi connectivity index (χ1v) is 14.6. The van der Waals surface area contributed by atoms with Gasteiger partial charge >= 0.3 is 0 Å². The summed E-state index contributed by atoms with van der Waals surface area (Å²) in [5.41, 5.74) is 3.42. The molecular weight excluding hydrogens is 573 g/mol. The number of anilines is 2. The number of para-hydroxylation sites is 1. The van der Waals surface area contributed by atoms with Crippen LogP contribution >= 0.6 is 23.4 Å². The molecule has 0 atom stereocenters. The second-order valence-electron chi connectivity index (χ2n) is 9.29. The zero-order valence-electron chi connectivity index (χ0n) is 23.0. The van der Waals surface area contributed by atoms with Gasteiger partial charge in [0.15, 0.2) is 0 Å². The Kier molecular flexibility index (Phi) is 10.5. The molecule has 0 bridgehead atoms. The zero-order chi connectivity index (χ0) is 30.1. The summed E-state index contributed by atoms with van der Waals surface area (Å²) in [5, 5.41) is 8.41. The van der Waals surface area contributed by atoms with E-state index in [1.54, 1.807) is 48.5 Å². The molecule has 4 aromatic carbocycles. The molecule has 0 unspecified atom stereocenters. The number of nitrogens with one attached hydrogen (secondary N) is 3. The van der Waals surface area contributed by atoms with Crippen molar-refractivity contribution in [2.24, 2.45) is 0 Å². The normalized spacial score (nSPS) is 11.1. The third-order valence-corrected chi connectivity index (χ3v) is 7.61. The highest BCUT2D eigenvalue weighted by Crippen LogP contribution is 2.26. The van der Waals surface area contributed by atoms with Gasteiger partial charge in [-0.2, -0.15) is 0 Å². The van der Waals surface area contributed by atoms with Gasteiger partial charge in [0.2, 0.25) is 5.91 Å². The zero-order valence-corrected chi connectivity index (χ0v) is 24.6. The summed E-state index contributed by atoms with van der Waals surface area (Å²) in [4.78, 5) is 39.7. The number of benzene rings is 4. The van der Waals surface area contributed by atoms with E-state index in [1.807, 2.05) is 38.1 Å². The maximum absolute atomic E-state index is 14.6. The number of hydrogen-bond donors (Lipinski definition) is 3. The average Bonchev–Trinajstić information content (AvgIpc) is 2.99. The van der Waals surface area contributed by atoms with Crippen molar-refractivity contribution in [2.45, 2.75) is 25.2 Å². The Morgan fingerprint density at radius 1 is 0.905 bits per heavy atom. The maximum Gasteiger partial charge on any atom is 0.272 e. The molecule has 214 valence electrons. The van der Waals surface area contributed by atoms with Crippen LogP contribution < -0.4 is 16.0 Å². The fourth-order valence-electron chi connectivity index (χ4n) is 4.12. The van der Waals surface area contributed by atoms with Gasteiger partial charge in [-0.25, -0.2) is 4.39 Å². The number of hydrogen-bond acceptors (Lipinski definition) is 4. The van der Waals surface area contributed by atoms with Gasteiger partial charge < -0.3 is 16.0 Å². The van der Waals surface area contributed by atoms with E-state index in [4.69, 9.17) is 11.6 Å². The molecule has 9 heteroatoms. The molecule has 3 amide bonds. The van der Waals surface area contributed by atoms with Gasteiger partial charge in [0.1, 0.15) is 11.5 Å². The van der Waals surface area contributed by atoms with Crippen molar-refractivity contribution in [3.63, 3.8) is 0 Å². The van der Waals surface area contributed by atoms with Crippen LogP contribution in [-0.4, -0.2) is 23.5 Å². The highest BCUT2D eigenvalue weighted by Gasteiger charge is 2.17. The Hall–Kier alpha value is -4.40. The number of aryl methyl sites for hydroxylation is 2. The first-order chi connectivity index (χ1) is 20.2. The van der Waals surface area contributed by atoms with Crippen molar-refractivity contribution in [1.29, 1.82) is 0 Å². The maximum atomic E-state index is 14.6. The smallest absolute Gasteiger partial charge is 0.272 e. The van der Waals surface area contributed by atoms with Gasteiger partial charge in [0.05, 0.1) is 10.8 Å². The van der Waals surface area contributed by atoms with E-state index in [0.29, 0.717) is 11.3 Å². The molecule has 0 heterocycles. The van der Waals surface area contributed by atoms with E-state index in [2.05, 4.69) is 16.0 Å². The second kappa shape index (κ2) is 14.5. The third-order valence-electron chi connectivity index (χ3n) is 6.28. The van der Waals surface area contributed by atoms with Gasteiger partial charge in [-0.05, 0) is 73.0 Å². The fourth-order valence-corrected chi connectivity index (χ4v) is 5.10. The van der Waals surface area contributed by atoms with Crippen LogP contribution in [-0.2, 0) is 16.0 Å². The largest absolute Gasteiger partial charge is 0.325 e. The van der Waals surface area contributed by atoms with Crippen LogP contribution in [0, 0.1) is 12.7 Å². The van der Waals surface area contributed by atoms with E-state index < -0.39 is 17.6 Å². The predicted molar refractivity (Wildman–Crippen MR) is 168 cm³/mol. The first kappa shape index (κ1) is 30.6. The minimum atomic E-state index is -0.676. The predicted octanol–water partition coefficient (Wildman–Crippen LogP) is 7.49.